The van der Waals surface area contributed by atoms with Crippen molar-refractivity contribution < 1.29 is 28.0 Å². The smallest absolute Gasteiger partial charge is 0.464 e. The van der Waals surface area contributed by atoms with Crippen LogP contribution in [0.5, 0.6) is 0 Å². The summed E-state index contributed by atoms with van der Waals surface area (Å²) >= 11 is 0. The summed E-state index contributed by atoms with van der Waals surface area (Å²) in [5.41, 5.74) is 1.46. The maximum Gasteiger partial charge on any atom is 0.497 e. The molecule has 10 heteroatoms. The van der Waals surface area contributed by atoms with E-state index in [2.05, 4.69) is 4.98 Å². The molecule has 0 saturated carbocycles. The molecule has 5 rings (SSSR count). The first-order valence-electron chi connectivity index (χ1n) is 11.8. The van der Waals surface area contributed by atoms with Crippen molar-refractivity contribution in [1.82, 2.24) is 14.5 Å². The molecule has 0 spiro atoms. The highest BCUT2D eigenvalue weighted by Crippen LogP contribution is 2.36. The normalized spacial score (nSPS) is 20.7. The highest BCUT2D eigenvalue weighted by molar-refractivity contribution is 6.62. The Morgan fingerprint density at radius 1 is 1.17 bits per heavy atom. The first kappa shape index (κ1) is 23.9. The van der Waals surface area contributed by atoms with Crippen LogP contribution < -0.4 is 5.46 Å². The number of methoxy groups -OCH3 is 1. The molecule has 2 saturated heterocycles. The Labute approximate surface area is 203 Å². The lowest BCUT2D eigenvalue weighted by Crippen LogP contribution is -2.41. The zero-order valence-corrected chi connectivity index (χ0v) is 20.6. The molecule has 35 heavy (non-hydrogen) atoms. The number of esters is 1. The average molecular weight is 481 g/mol. The number of aromatic nitrogens is 3. The Morgan fingerprint density at radius 3 is 2.49 bits per heavy atom. The molecule has 0 unspecified atom stereocenters. The number of nitrogens with zero attached hydrogens (tertiary/aromatic N) is 3. The van der Waals surface area contributed by atoms with Crippen LogP contribution in [0.15, 0.2) is 30.3 Å². The van der Waals surface area contributed by atoms with Crippen molar-refractivity contribution in [2.24, 2.45) is 0 Å². The van der Waals surface area contributed by atoms with E-state index >= 15 is 4.39 Å². The van der Waals surface area contributed by atoms with E-state index in [9.17, 15) is 4.79 Å². The van der Waals surface area contributed by atoms with Crippen LogP contribution in [-0.2, 0) is 31.7 Å². The van der Waals surface area contributed by atoms with E-state index in [1.165, 1.54) is 13.2 Å². The van der Waals surface area contributed by atoms with Crippen LogP contribution in [0.3, 0.4) is 0 Å². The van der Waals surface area contributed by atoms with Crippen LogP contribution in [0.2, 0.25) is 0 Å². The number of rotatable bonds is 6. The molecule has 0 aliphatic carbocycles. The molecular weight excluding hydrogens is 452 g/mol. The summed E-state index contributed by atoms with van der Waals surface area (Å²) in [7, 11) is 0.552. The van der Waals surface area contributed by atoms with Crippen LogP contribution >= 0.6 is 0 Å². The maximum absolute atomic E-state index is 15.2. The van der Waals surface area contributed by atoms with Crippen molar-refractivity contribution in [3.8, 4) is 0 Å². The van der Waals surface area contributed by atoms with E-state index in [4.69, 9.17) is 23.8 Å². The topological polar surface area (TPSA) is 84.7 Å². The van der Waals surface area contributed by atoms with Crippen molar-refractivity contribution >= 4 is 29.7 Å². The van der Waals surface area contributed by atoms with Gasteiger partial charge in [0, 0.05) is 18.5 Å². The minimum atomic E-state index is -0.768. The fraction of sp³-hybridized carbons (Fsp3) is 0.480. The molecule has 2 aliphatic rings. The van der Waals surface area contributed by atoms with E-state index in [1.54, 1.807) is 18.2 Å². The second-order valence-electron chi connectivity index (χ2n) is 10.1. The molecule has 0 amide bonds. The van der Waals surface area contributed by atoms with Gasteiger partial charge in [0.2, 0.25) is 0 Å². The number of ether oxygens (including phenoxy) is 2. The highest BCUT2D eigenvalue weighted by atomic mass is 19.1. The number of benzene rings is 1. The van der Waals surface area contributed by atoms with Crippen molar-refractivity contribution in [3.05, 3.63) is 53.2 Å². The van der Waals surface area contributed by atoms with Crippen LogP contribution in [0, 0.1) is 5.82 Å². The molecule has 184 valence electrons. The third kappa shape index (κ3) is 4.35. The molecule has 1 aromatic carbocycles. The number of imidazole rings is 1. The van der Waals surface area contributed by atoms with Crippen molar-refractivity contribution in [2.75, 3.05) is 13.7 Å². The Kier molecular flexibility index (Phi) is 5.93. The largest absolute Gasteiger partial charge is 0.497 e. The number of fused-ring (bicyclic) bond motifs is 1. The SMILES string of the molecule is COC(=O)c1ccc2nc(Cc3ccc(B4OC(C)(C)C(C)(C)O4)c(F)c3)n(C[C@@H]3CCO3)c2n1. The van der Waals surface area contributed by atoms with Crippen molar-refractivity contribution in [3.63, 3.8) is 0 Å². The van der Waals surface area contributed by atoms with Gasteiger partial charge in [-0.05, 0) is 57.9 Å². The summed E-state index contributed by atoms with van der Waals surface area (Å²) in [6.07, 6.45) is 1.38. The predicted molar refractivity (Wildman–Crippen MR) is 128 cm³/mol. The lowest BCUT2D eigenvalue weighted by molar-refractivity contribution is -0.0590. The predicted octanol–water partition coefficient (Wildman–Crippen LogP) is 3.04. The molecule has 4 heterocycles. The Bertz CT molecular complexity index is 1270. The van der Waals surface area contributed by atoms with Gasteiger partial charge in [-0.3, -0.25) is 0 Å². The quantitative estimate of drug-likeness (QED) is 0.395. The summed E-state index contributed by atoms with van der Waals surface area (Å²) in [6.45, 7) is 9.03. The first-order chi connectivity index (χ1) is 16.6. The fourth-order valence-corrected chi connectivity index (χ4v) is 4.25. The standard InChI is InChI=1S/C25H29BFN3O5/c1-24(2)25(3,4)35-26(34-24)17-7-6-15(12-18(17)27)13-21-28-19-8-9-20(23(31)32-5)29-22(19)30(21)14-16-10-11-33-16/h6-9,12,16H,10-11,13-14H2,1-5H3/t16-/m0/s1. The Hall–Kier alpha value is -2.82. The van der Waals surface area contributed by atoms with E-state index < -0.39 is 30.1 Å². The van der Waals surface area contributed by atoms with Crippen LogP contribution in [0.25, 0.3) is 11.2 Å². The number of carbonyl (C=O) groups excluding carboxylic acids is 1. The van der Waals surface area contributed by atoms with Gasteiger partial charge in [-0.15, -0.1) is 0 Å². The van der Waals surface area contributed by atoms with Gasteiger partial charge in [-0.1, -0.05) is 12.1 Å². The second kappa shape index (κ2) is 8.69. The maximum atomic E-state index is 15.2. The summed E-state index contributed by atoms with van der Waals surface area (Å²) in [6, 6.07) is 8.41. The summed E-state index contributed by atoms with van der Waals surface area (Å²) in [5.74, 6) is -0.189. The first-order valence-corrected chi connectivity index (χ1v) is 11.8. The molecule has 1 atom stereocenters. The van der Waals surface area contributed by atoms with Crippen molar-refractivity contribution in [2.45, 2.75) is 64.4 Å². The van der Waals surface area contributed by atoms with Gasteiger partial charge in [0.25, 0.3) is 0 Å². The monoisotopic (exact) mass is 481 g/mol. The van der Waals surface area contributed by atoms with Gasteiger partial charge < -0.3 is 23.3 Å². The third-order valence-corrected chi connectivity index (χ3v) is 7.18. The van der Waals surface area contributed by atoms with E-state index in [0.29, 0.717) is 35.4 Å². The number of pyridine rings is 1. The van der Waals surface area contributed by atoms with Gasteiger partial charge in [-0.2, -0.15) is 0 Å². The minimum Gasteiger partial charge on any atom is -0.464 e. The molecule has 2 fully saturated rings. The molecular formula is C25H29BFN3O5. The molecule has 2 aliphatic heterocycles. The van der Waals surface area contributed by atoms with E-state index in [1.807, 2.05) is 38.3 Å². The third-order valence-electron chi connectivity index (χ3n) is 7.18. The molecule has 3 aromatic rings. The Morgan fingerprint density at radius 2 is 1.89 bits per heavy atom. The molecule has 8 nitrogen and oxygen atoms in total. The zero-order valence-electron chi connectivity index (χ0n) is 20.6. The van der Waals surface area contributed by atoms with Crippen LogP contribution in [0.4, 0.5) is 4.39 Å². The number of halogens is 1. The number of hydrogen-bond acceptors (Lipinski definition) is 7. The van der Waals surface area contributed by atoms with Gasteiger partial charge in [0.1, 0.15) is 17.2 Å². The highest BCUT2D eigenvalue weighted by Gasteiger charge is 2.52. The summed E-state index contributed by atoms with van der Waals surface area (Å²) in [4.78, 5) is 21.2. The zero-order chi connectivity index (χ0) is 25.0. The molecule has 2 aromatic heterocycles. The minimum absolute atomic E-state index is 0.0530. The van der Waals surface area contributed by atoms with Crippen LogP contribution in [-0.4, -0.2) is 58.6 Å². The van der Waals surface area contributed by atoms with Gasteiger partial charge in [0.15, 0.2) is 11.3 Å². The Balaban J connectivity index is 1.45. The summed E-state index contributed by atoms with van der Waals surface area (Å²) < 4.78 is 39.6. The van der Waals surface area contributed by atoms with Gasteiger partial charge in [0.05, 0.1) is 31.0 Å². The van der Waals surface area contributed by atoms with Gasteiger partial charge >= 0.3 is 13.1 Å². The average Bonchev–Trinajstić information content (AvgIpc) is 3.21. The van der Waals surface area contributed by atoms with Crippen molar-refractivity contribution in [1.29, 1.82) is 0 Å². The summed E-state index contributed by atoms with van der Waals surface area (Å²) in [5, 5.41) is 0. The van der Waals surface area contributed by atoms with E-state index in [0.717, 1.165) is 18.6 Å². The number of hydrogen-bond donors (Lipinski definition) is 0. The van der Waals surface area contributed by atoms with E-state index in [-0.39, 0.29) is 11.8 Å². The second-order valence-corrected chi connectivity index (χ2v) is 10.1. The molecule has 0 radical (unpaired) electrons. The van der Waals surface area contributed by atoms with Crippen LogP contribution in [0.1, 0.15) is 56.0 Å². The fourth-order valence-electron chi connectivity index (χ4n) is 4.25. The number of carbonyl (C=O) groups is 1. The van der Waals surface area contributed by atoms with Gasteiger partial charge in [-0.25, -0.2) is 19.2 Å². The molecule has 0 bridgehead atoms. The lowest BCUT2D eigenvalue weighted by atomic mass is 9.78. The molecule has 0 N–H and O–H groups in total. The lowest BCUT2D eigenvalue weighted by Gasteiger charge is -2.32.